The Kier molecular flexibility index (Phi) is 3.19. The monoisotopic (exact) mass is 235 g/mol. The van der Waals surface area contributed by atoms with Crippen molar-refractivity contribution >= 4 is 5.91 Å². The predicted octanol–water partition coefficient (Wildman–Crippen LogP) is 0.613. The van der Waals surface area contributed by atoms with Crippen LogP contribution in [-0.2, 0) is 5.54 Å². The molecule has 0 spiro atoms. The fourth-order valence-corrected chi connectivity index (χ4v) is 2.46. The molecule has 1 fully saturated rings. The van der Waals surface area contributed by atoms with Crippen molar-refractivity contribution in [2.24, 2.45) is 5.73 Å². The van der Waals surface area contributed by atoms with Crippen LogP contribution in [0.4, 0.5) is 0 Å². The van der Waals surface area contributed by atoms with Gasteiger partial charge in [0.2, 0.25) is 0 Å². The number of nitrogens with two attached hydrogens (primary N) is 1. The second kappa shape index (κ2) is 4.49. The quantitative estimate of drug-likeness (QED) is 0.831. The van der Waals surface area contributed by atoms with Crippen molar-refractivity contribution in [2.45, 2.75) is 32.2 Å². The third-order valence-electron chi connectivity index (χ3n) is 3.27. The van der Waals surface area contributed by atoms with Crippen LogP contribution in [0.15, 0.2) is 6.20 Å². The van der Waals surface area contributed by atoms with Gasteiger partial charge in [-0.15, -0.1) is 0 Å². The molecule has 0 atom stereocenters. The number of primary amides is 1. The number of nitrogens with zero attached hydrogens (tertiary/aromatic N) is 3. The first-order valence-electron chi connectivity index (χ1n) is 5.99. The van der Waals surface area contributed by atoms with Gasteiger partial charge in [-0.3, -0.25) is 4.79 Å². The molecule has 2 heterocycles. The lowest BCUT2D eigenvalue weighted by Crippen LogP contribution is -2.41. The molecule has 2 rings (SSSR count). The number of likely N-dealkylation sites (tertiary alicyclic amines) is 1. The summed E-state index contributed by atoms with van der Waals surface area (Å²) in [5, 5.41) is 0. The molecule has 1 aromatic rings. The molecule has 17 heavy (non-hydrogen) atoms. The molecule has 2 N–H and O–H groups in total. The van der Waals surface area contributed by atoms with Gasteiger partial charge in [-0.1, -0.05) is 0 Å². The number of carbonyl (C=O) groups excluding carboxylic acids is 1. The molecule has 0 bridgehead atoms. The zero-order valence-corrected chi connectivity index (χ0v) is 10.4. The second-order valence-electron chi connectivity index (χ2n) is 5.22. The lowest BCUT2D eigenvalue weighted by molar-refractivity contribution is 0.0973. The summed E-state index contributed by atoms with van der Waals surface area (Å²) in [6.07, 6.45) is 6.93. The summed E-state index contributed by atoms with van der Waals surface area (Å²) in [5.41, 5.74) is 5.12. The molecule has 1 radical (unpaired) electrons. The Labute approximate surface area is 102 Å². The highest BCUT2D eigenvalue weighted by Gasteiger charge is 2.28. The van der Waals surface area contributed by atoms with Crippen LogP contribution in [0.1, 0.15) is 37.3 Å². The molecule has 0 saturated carbocycles. The molecule has 5 nitrogen and oxygen atoms in total. The van der Waals surface area contributed by atoms with E-state index in [9.17, 15) is 4.79 Å². The van der Waals surface area contributed by atoms with E-state index in [1.807, 2.05) is 4.57 Å². The van der Waals surface area contributed by atoms with Gasteiger partial charge in [0.15, 0.2) is 5.82 Å². The molecule has 0 unspecified atom stereocenters. The first kappa shape index (κ1) is 12.1. The van der Waals surface area contributed by atoms with E-state index in [-0.39, 0.29) is 11.4 Å². The van der Waals surface area contributed by atoms with Gasteiger partial charge in [0.1, 0.15) is 6.20 Å². The summed E-state index contributed by atoms with van der Waals surface area (Å²) in [5.74, 6) is -0.213. The Balaban J connectivity index is 2.17. The molecular formula is C12H19N4O. The van der Waals surface area contributed by atoms with Crippen molar-refractivity contribution in [3.63, 3.8) is 0 Å². The average Bonchev–Trinajstić information content (AvgIpc) is 2.84. The summed E-state index contributed by atoms with van der Waals surface area (Å²) in [6.45, 7) is 7.35. The van der Waals surface area contributed by atoms with Gasteiger partial charge in [-0.05, 0) is 39.8 Å². The van der Waals surface area contributed by atoms with Gasteiger partial charge in [0, 0.05) is 12.7 Å². The Bertz CT molecular complexity index is 404. The maximum absolute atomic E-state index is 11.3. The topological polar surface area (TPSA) is 64.2 Å². The summed E-state index contributed by atoms with van der Waals surface area (Å²) in [6, 6.07) is 0. The minimum Gasteiger partial charge on any atom is -0.363 e. The van der Waals surface area contributed by atoms with E-state index in [0.717, 1.165) is 19.6 Å². The number of hydrogen-bond acceptors (Lipinski definition) is 3. The molecule has 1 aliphatic rings. The molecular weight excluding hydrogens is 216 g/mol. The molecule has 1 saturated heterocycles. The normalized spacial score (nSPS) is 17.5. The van der Waals surface area contributed by atoms with Crippen LogP contribution in [-0.4, -0.2) is 40.0 Å². The van der Waals surface area contributed by atoms with Gasteiger partial charge < -0.3 is 15.2 Å². The standard InChI is InChI=1S/C12H19N4O/c1-12(2,9-15-6-3-4-7-15)16-8-5-14-11(16)10(13)17/h8H,3-4,6-7,9H2,1-2H3,(H2,13,17). The van der Waals surface area contributed by atoms with Crippen LogP contribution in [0.25, 0.3) is 0 Å². The Morgan fingerprint density at radius 2 is 2.18 bits per heavy atom. The fourth-order valence-electron chi connectivity index (χ4n) is 2.46. The van der Waals surface area contributed by atoms with E-state index >= 15 is 0 Å². The highest BCUT2D eigenvalue weighted by Crippen LogP contribution is 2.21. The van der Waals surface area contributed by atoms with Crippen molar-refractivity contribution in [3.05, 3.63) is 18.2 Å². The van der Waals surface area contributed by atoms with Gasteiger partial charge >= 0.3 is 0 Å². The molecule has 1 aliphatic heterocycles. The molecule has 0 aliphatic carbocycles. The second-order valence-corrected chi connectivity index (χ2v) is 5.22. The Morgan fingerprint density at radius 1 is 1.53 bits per heavy atom. The van der Waals surface area contributed by atoms with Crippen molar-refractivity contribution in [1.82, 2.24) is 14.5 Å². The van der Waals surface area contributed by atoms with Crippen LogP contribution in [0, 0.1) is 6.20 Å². The van der Waals surface area contributed by atoms with Crippen molar-refractivity contribution in [1.29, 1.82) is 0 Å². The molecule has 1 aromatic heterocycles. The van der Waals surface area contributed by atoms with Gasteiger partial charge in [-0.25, -0.2) is 4.98 Å². The van der Waals surface area contributed by atoms with Crippen LogP contribution >= 0.6 is 0 Å². The summed E-state index contributed by atoms with van der Waals surface area (Å²) in [7, 11) is 0. The molecule has 0 aromatic carbocycles. The van der Waals surface area contributed by atoms with Gasteiger partial charge in [-0.2, -0.15) is 0 Å². The summed E-state index contributed by atoms with van der Waals surface area (Å²) >= 11 is 0. The van der Waals surface area contributed by atoms with E-state index in [4.69, 9.17) is 5.73 Å². The van der Waals surface area contributed by atoms with Crippen molar-refractivity contribution < 1.29 is 4.79 Å². The lowest BCUT2D eigenvalue weighted by Gasteiger charge is -2.32. The van der Waals surface area contributed by atoms with Gasteiger partial charge in [0.05, 0.1) is 5.54 Å². The number of carbonyl (C=O) groups is 1. The van der Waals surface area contributed by atoms with Crippen molar-refractivity contribution in [3.8, 4) is 0 Å². The first-order valence-corrected chi connectivity index (χ1v) is 5.99. The van der Waals surface area contributed by atoms with Crippen LogP contribution < -0.4 is 5.73 Å². The zero-order valence-electron chi connectivity index (χ0n) is 10.4. The molecule has 93 valence electrons. The number of hydrogen-bond donors (Lipinski definition) is 1. The van der Waals surface area contributed by atoms with Gasteiger partial charge in [0.25, 0.3) is 5.91 Å². The zero-order chi connectivity index (χ0) is 12.5. The predicted molar refractivity (Wildman–Crippen MR) is 64.6 cm³/mol. The van der Waals surface area contributed by atoms with Crippen molar-refractivity contribution in [2.75, 3.05) is 19.6 Å². The smallest absolute Gasteiger partial charge is 0.284 e. The third-order valence-corrected chi connectivity index (χ3v) is 3.27. The molecule has 5 heteroatoms. The van der Waals surface area contributed by atoms with E-state index in [1.54, 1.807) is 6.20 Å². The van der Waals surface area contributed by atoms with E-state index in [1.165, 1.54) is 12.8 Å². The van der Waals surface area contributed by atoms with E-state index in [2.05, 4.69) is 29.9 Å². The molecule has 1 amide bonds. The lowest BCUT2D eigenvalue weighted by atomic mass is 10.0. The third kappa shape index (κ3) is 2.49. The summed E-state index contributed by atoms with van der Waals surface area (Å²) < 4.78 is 1.83. The highest BCUT2D eigenvalue weighted by atomic mass is 16.1. The minimum absolute atomic E-state index is 0.193. The SMILES string of the molecule is CC(C)(CN1CCCC1)n1c[c]nc1C(N)=O. The minimum atomic E-state index is -0.499. The van der Waals surface area contributed by atoms with Crippen LogP contribution in [0.3, 0.4) is 0 Å². The Hall–Kier alpha value is -1.36. The fraction of sp³-hybridized carbons (Fsp3) is 0.667. The summed E-state index contributed by atoms with van der Waals surface area (Å²) in [4.78, 5) is 17.6. The van der Waals surface area contributed by atoms with E-state index < -0.39 is 5.91 Å². The largest absolute Gasteiger partial charge is 0.363 e. The number of rotatable bonds is 4. The average molecular weight is 235 g/mol. The Morgan fingerprint density at radius 3 is 2.76 bits per heavy atom. The number of imidazole rings is 1. The highest BCUT2D eigenvalue weighted by molar-refractivity contribution is 5.89. The first-order chi connectivity index (χ1) is 8.00. The maximum atomic E-state index is 11.3. The number of aromatic nitrogens is 2. The maximum Gasteiger partial charge on any atom is 0.284 e. The van der Waals surface area contributed by atoms with Crippen LogP contribution in [0.2, 0.25) is 0 Å². The van der Waals surface area contributed by atoms with E-state index in [0.29, 0.717) is 0 Å². The number of amides is 1. The van der Waals surface area contributed by atoms with Crippen LogP contribution in [0.5, 0.6) is 0 Å².